The number of rotatable bonds is 8. The molecule has 1 aliphatic carbocycles. The predicted molar refractivity (Wildman–Crippen MR) is 128 cm³/mol. The summed E-state index contributed by atoms with van der Waals surface area (Å²) in [5.74, 6) is 0.154. The van der Waals surface area contributed by atoms with E-state index in [1.165, 1.54) is 0 Å². The molecule has 1 heterocycles. The van der Waals surface area contributed by atoms with Crippen molar-refractivity contribution in [2.45, 2.75) is 32.2 Å². The third-order valence-electron chi connectivity index (χ3n) is 6.22. The van der Waals surface area contributed by atoms with E-state index in [9.17, 15) is 9.59 Å². The van der Waals surface area contributed by atoms with Crippen molar-refractivity contribution in [2.24, 2.45) is 5.92 Å². The van der Waals surface area contributed by atoms with Gasteiger partial charge in [0.15, 0.2) is 17.3 Å². The van der Waals surface area contributed by atoms with Gasteiger partial charge in [-0.3, -0.25) is 9.59 Å². The number of carbonyl (C=O) groups excluding carboxylic acids is 2. The van der Waals surface area contributed by atoms with E-state index in [2.05, 4.69) is 5.32 Å². The Hall–Kier alpha value is -3.74. The summed E-state index contributed by atoms with van der Waals surface area (Å²) >= 11 is 0. The summed E-state index contributed by atoms with van der Waals surface area (Å²) < 4.78 is 21.9. The highest BCUT2D eigenvalue weighted by molar-refractivity contribution is 5.99. The first-order chi connectivity index (χ1) is 16.5. The molecule has 3 aromatic rings. The fraction of sp³-hybridized carbons (Fsp3) is 0.333. The van der Waals surface area contributed by atoms with Crippen molar-refractivity contribution in [3.63, 3.8) is 0 Å². The SMILES string of the molecule is CCOC(=O)[C@H](c1ccc(OC)c(OC)c1)[C@H]1C=C[C@H](NC(=O)c2oc3ccccc3c2C)C1. The maximum atomic E-state index is 13.0. The number of ether oxygens (including phenoxy) is 3. The highest BCUT2D eigenvalue weighted by atomic mass is 16.5. The fourth-order valence-electron chi connectivity index (χ4n) is 4.54. The molecule has 3 atom stereocenters. The van der Waals surface area contributed by atoms with Crippen LogP contribution >= 0.6 is 0 Å². The molecular weight excluding hydrogens is 434 g/mol. The summed E-state index contributed by atoms with van der Waals surface area (Å²) in [6.07, 6.45) is 4.45. The normalized spacial score (nSPS) is 18.0. The standard InChI is InChI=1S/C27H29NO6/c1-5-33-27(30)24(18-11-13-22(31-3)23(15-18)32-4)17-10-12-19(14-17)28-26(29)25-16(2)20-8-6-7-9-21(20)34-25/h6-13,15,17,19,24H,5,14H2,1-4H3,(H,28,29)/t17-,19-,24-/m0/s1. The summed E-state index contributed by atoms with van der Waals surface area (Å²) in [5.41, 5.74) is 2.26. The number of fused-ring (bicyclic) bond motifs is 1. The molecule has 0 radical (unpaired) electrons. The lowest BCUT2D eigenvalue weighted by atomic mass is 9.85. The Morgan fingerprint density at radius 1 is 1.09 bits per heavy atom. The van der Waals surface area contributed by atoms with Crippen molar-refractivity contribution in [1.29, 1.82) is 0 Å². The van der Waals surface area contributed by atoms with Crippen molar-refractivity contribution >= 4 is 22.8 Å². The van der Waals surface area contributed by atoms with Gasteiger partial charge in [0.25, 0.3) is 5.91 Å². The zero-order valence-electron chi connectivity index (χ0n) is 19.8. The number of benzene rings is 2. The van der Waals surface area contributed by atoms with Crippen LogP contribution in [0, 0.1) is 12.8 Å². The number of amides is 1. The Bertz CT molecular complexity index is 1230. The number of carbonyl (C=O) groups is 2. The number of nitrogens with one attached hydrogen (secondary N) is 1. The van der Waals surface area contributed by atoms with Crippen LogP contribution in [0.3, 0.4) is 0 Å². The minimum absolute atomic E-state index is 0.153. The maximum Gasteiger partial charge on any atom is 0.314 e. The summed E-state index contributed by atoms with van der Waals surface area (Å²) in [5, 5.41) is 3.95. The molecule has 7 nitrogen and oxygen atoms in total. The smallest absolute Gasteiger partial charge is 0.314 e. The Kier molecular flexibility index (Phi) is 6.91. The van der Waals surface area contributed by atoms with E-state index >= 15 is 0 Å². The lowest BCUT2D eigenvalue weighted by molar-refractivity contribution is -0.146. The van der Waals surface area contributed by atoms with Gasteiger partial charge in [0.05, 0.1) is 26.7 Å². The first-order valence-corrected chi connectivity index (χ1v) is 11.3. The van der Waals surface area contributed by atoms with Crippen LogP contribution in [0.2, 0.25) is 0 Å². The molecule has 2 aromatic carbocycles. The first kappa shape index (κ1) is 23.4. The Morgan fingerprint density at radius 3 is 2.56 bits per heavy atom. The molecule has 0 bridgehead atoms. The average Bonchev–Trinajstić information content (AvgIpc) is 3.43. The number of hydrogen-bond donors (Lipinski definition) is 1. The maximum absolute atomic E-state index is 13.0. The van der Waals surface area contributed by atoms with Crippen molar-refractivity contribution in [3.8, 4) is 11.5 Å². The zero-order valence-corrected chi connectivity index (χ0v) is 19.8. The lowest BCUT2D eigenvalue weighted by Gasteiger charge is -2.23. The molecule has 1 aromatic heterocycles. The monoisotopic (exact) mass is 463 g/mol. The first-order valence-electron chi connectivity index (χ1n) is 11.3. The topological polar surface area (TPSA) is 87.0 Å². The molecule has 0 unspecified atom stereocenters. The molecule has 34 heavy (non-hydrogen) atoms. The van der Waals surface area contributed by atoms with E-state index in [-0.39, 0.29) is 30.4 Å². The molecule has 0 saturated carbocycles. The van der Waals surface area contributed by atoms with E-state index in [0.717, 1.165) is 16.5 Å². The van der Waals surface area contributed by atoms with Gasteiger partial charge in [-0.05, 0) is 49.9 Å². The minimum atomic E-state index is -0.536. The van der Waals surface area contributed by atoms with Gasteiger partial charge in [0.1, 0.15) is 5.58 Å². The van der Waals surface area contributed by atoms with E-state index in [1.54, 1.807) is 33.3 Å². The number of furan rings is 1. The fourth-order valence-corrected chi connectivity index (χ4v) is 4.54. The van der Waals surface area contributed by atoms with Crippen LogP contribution in [-0.4, -0.2) is 38.7 Å². The zero-order chi connectivity index (χ0) is 24.2. The highest BCUT2D eigenvalue weighted by Gasteiger charge is 2.35. The number of esters is 1. The molecule has 0 aliphatic heterocycles. The van der Waals surface area contributed by atoms with Crippen molar-refractivity contribution in [1.82, 2.24) is 5.32 Å². The van der Waals surface area contributed by atoms with Crippen LogP contribution in [0.4, 0.5) is 0 Å². The number of methoxy groups -OCH3 is 2. The van der Waals surface area contributed by atoms with Gasteiger partial charge in [-0.25, -0.2) is 0 Å². The molecule has 1 amide bonds. The van der Waals surface area contributed by atoms with Gasteiger partial charge in [0.2, 0.25) is 0 Å². The van der Waals surface area contributed by atoms with E-state index in [0.29, 0.717) is 29.3 Å². The summed E-state index contributed by atoms with van der Waals surface area (Å²) in [4.78, 5) is 25.9. The second-order valence-corrected chi connectivity index (χ2v) is 8.26. The molecule has 0 fully saturated rings. The molecule has 178 valence electrons. The molecule has 4 rings (SSSR count). The molecular formula is C27H29NO6. The average molecular weight is 464 g/mol. The second kappa shape index (κ2) is 10.0. The molecule has 1 aliphatic rings. The van der Waals surface area contributed by atoms with Gasteiger partial charge in [0, 0.05) is 17.0 Å². The highest BCUT2D eigenvalue weighted by Crippen LogP contribution is 2.38. The Morgan fingerprint density at radius 2 is 1.85 bits per heavy atom. The van der Waals surface area contributed by atoms with Crippen LogP contribution in [0.1, 0.15) is 40.9 Å². The van der Waals surface area contributed by atoms with Crippen molar-refractivity contribution < 1.29 is 28.2 Å². The van der Waals surface area contributed by atoms with E-state index in [1.807, 2.05) is 49.4 Å². The van der Waals surface area contributed by atoms with Gasteiger partial charge in [-0.1, -0.05) is 36.4 Å². The van der Waals surface area contributed by atoms with Gasteiger partial charge in [-0.15, -0.1) is 0 Å². The third kappa shape index (κ3) is 4.51. The number of para-hydroxylation sites is 1. The molecule has 0 spiro atoms. The van der Waals surface area contributed by atoms with E-state index in [4.69, 9.17) is 18.6 Å². The van der Waals surface area contributed by atoms with Crippen LogP contribution in [0.5, 0.6) is 11.5 Å². The largest absolute Gasteiger partial charge is 0.493 e. The third-order valence-corrected chi connectivity index (χ3v) is 6.22. The molecule has 7 heteroatoms. The van der Waals surface area contributed by atoms with Gasteiger partial charge in [-0.2, -0.15) is 0 Å². The lowest BCUT2D eigenvalue weighted by Crippen LogP contribution is -2.34. The van der Waals surface area contributed by atoms with Gasteiger partial charge < -0.3 is 23.9 Å². The summed E-state index contributed by atoms with van der Waals surface area (Å²) in [6.45, 7) is 3.94. The second-order valence-electron chi connectivity index (χ2n) is 8.26. The van der Waals surface area contributed by atoms with Crippen LogP contribution in [-0.2, 0) is 9.53 Å². The summed E-state index contributed by atoms with van der Waals surface area (Å²) in [6, 6.07) is 12.8. The predicted octanol–water partition coefficient (Wildman–Crippen LogP) is 4.78. The van der Waals surface area contributed by atoms with Crippen LogP contribution in [0.15, 0.2) is 59.0 Å². The minimum Gasteiger partial charge on any atom is -0.493 e. The molecule has 0 saturated heterocycles. The molecule has 1 N–H and O–H groups in total. The van der Waals surface area contributed by atoms with Crippen molar-refractivity contribution in [2.75, 3.05) is 20.8 Å². The Labute approximate surface area is 198 Å². The van der Waals surface area contributed by atoms with Crippen LogP contribution in [0.25, 0.3) is 11.0 Å². The van der Waals surface area contributed by atoms with Gasteiger partial charge >= 0.3 is 5.97 Å². The van der Waals surface area contributed by atoms with Crippen LogP contribution < -0.4 is 14.8 Å². The number of allylic oxidation sites excluding steroid dienone is 1. The number of hydrogen-bond acceptors (Lipinski definition) is 6. The van der Waals surface area contributed by atoms with E-state index < -0.39 is 5.92 Å². The quantitative estimate of drug-likeness (QED) is 0.382. The number of aryl methyl sites for hydroxylation is 1. The Balaban J connectivity index is 1.53. The van der Waals surface area contributed by atoms with Crippen molar-refractivity contribution in [3.05, 3.63) is 71.5 Å². The summed E-state index contributed by atoms with van der Waals surface area (Å²) in [7, 11) is 3.12.